The lowest BCUT2D eigenvalue weighted by molar-refractivity contribution is 0.282. The van der Waals surface area contributed by atoms with Crippen molar-refractivity contribution in [3.8, 4) is 5.75 Å². The van der Waals surface area contributed by atoms with E-state index < -0.39 is 0 Å². The van der Waals surface area contributed by atoms with Gasteiger partial charge in [0, 0.05) is 18.5 Å². The van der Waals surface area contributed by atoms with Crippen molar-refractivity contribution in [2.24, 2.45) is 5.73 Å². The molecule has 2 N–H and O–H groups in total. The molecule has 0 spiro atoms. The van der Waals surface area contributed by atoms with E-state index in [1.54, 1.807) is 6.92 Å². The van der Waals surface area contributed by atoms with Gasteiger partial charge in [-0.1, -0.05) is 22.9 Å². The molecule has 2 aromatic rings. The molecule has 1 aromatic carbocycles. The first-order valence-corrected chi connectivity index (χ1v) is 5.84. The van der Waals surface area contributed by atoms with Crippen LogP contribution >= 0.6 is 0 Å². The maximum absolute atomic E-state index is 5.93. The van der Waals surface area contributed by atoms with Crippen molar-refractivity contribution in [3.63, 3.8) is 0 Å². The Hall–Kier alpha value is -1.88. The first kappa shape index (κ1) is 12.6. The minimum Gasteiger partial charge on any atom is -0.485 e. The van der Waals surface area contributed by atoms with Gasteiger partial charge in [0.05, 0.1) is 0 Å². The fourth-order valence-corrected chi connectivity index (χ4v) is 1.70. The highest BCUT2D eigenvalue weighted by Crippen LogP contribution is 2.25. The minimum absolute atomic E-state index is 0.0769. The quantitative estimate of drug-likeness (QED) is 0.897. The number of nitrogens with zero attached hydrogens (tertiary/aromatic N) is 2. The molecule has 5 nitrogen and oxygen atoms in total. The van der Waals surface area contributed by atoms with Crippen molar-refractivity contribution in [1.82, 2.24) is 10.1 Å². The Balaban J connectivity index is 2.13. The molecule has 0 unspecified atom stereocenters. The van der Waals surface area contributed by atoms with Gasteiger partial charge in [-0.05, 0) is 19.9 Å². The SMILES string of the molecule is Cc1ccc(OCc2noc(C)n2)c([C@H](C)N)c1. The maximum atomic E-state index is 5.93. The molecule has 0 aliphatic rings. The van der Waals surface area contributed by atoms with Crippen molar-refractivity contribution in [2.45, 2.75) is 33.4 Å². The zero-order chi connectivity index (χ0) is 13.1. The van der Waals surface area contributed by atoms with E-state index in [4.69, 9.17) is 15.0 Å². The van der Waals surface area contributed by atoms with Crippen molar-refractivity contribution in [3.05, 3.63) is 41.0 Å². The summed E-state index contributed by atoms with van der Waals surface area (Å²) in [6, 6.07) is 5.86. The van der Waals surface area contributed by atoms with Crippen LogP contribution in [0, 0.1) is 13.8 Å². The normalized spacial score (nSPS) is 12.4. The lowest BCUT2D eigenvalue weighted by Crippen LogP contribution is -2.08. The Morgan fingerprint density at radius 1 is 1.39 bits per heavy atom. The van der Waals surface area contributed by atoms with Crippen LogP contribution in [0.1, 0.15) is 35.8 Å². The van der Waals surface area contributed by atoms with Crippen LogP contribution in [-0.4, -0.2) is 10.1 Å². The van der Waals surface area contributed by atoms with E-state index in [-0.39, 0.29) is 12.6 Å². The standard InChI is InChI=1S/C13H17N3O2/c1-8-4-5-12(11(6-8)9(2)14)17-7-13-15-10(3)18-16-13/h4-6,9H,7,14H2,1-3H3/t9-/m0/s1. The summed E-state index contributed by atoms with van der Waals surface area (Å²) in [6.45, 7) is 5.98. The van der Waals surface area contributed by atoms with Gasteiger partial charge in [0.1, 0.15) is 5.75 Å². The maximum Gasteiger partial charge on any atom is 0.223 e. The number of benzene rings is 1. The van der Waals surface area contributed by atoms with Gasteiger partial charge in [-0.25, -0.2) is 0 Å². The van der Waals surface area contributed by atoms with Gasteiger partial charge >= 0.3 is 0 Å². The molecule has 2 rings (SSSR count). The van der Waals surface area contributed by atoms with Crippen molar-refractivity contribution in [1.29, 1.82) is 0 Å². The van der Waals surface area contributed by atoms with Crippen LogP contribution in [0.4, 0.5) is 0 Å². The predicted octanol–water partition coefficient (Wildman–Crippen LogP) is 2.29. The third kappa shape index (κ3) is 2.87. The van der Waals surface area contributed by atoms with Gasteiger partial charge in [0.2, 0.25) is 11.7 Å². The molecule has 1 heterocycles. The molecule has 0 bridgehead atoms. The highest BCUT2D eigenvalue weighted by Gasteiger charge is 2.10. The third-order valence-electron chi connectivity index (χ3n) is 2.58. The topological polar surface area (TPSA) is 74.2 Å². The number of nitrogens with two attached hydrogens (primary N) is 1. The first-order valence-electron chi connectivity index (χ1n) is 5.84. The van der Waals surface area contributed by atoms with E-state index in [1.807, 2.05) is 32.0 Å². The molecule has 0 aliphatic carbocycles. The van der Waals surface area contributed by atoms with Gasteiger partial charge in [-0.2, -0.15) is 4.98 Å². The smallest absolute Gasteiger partial charge is 0.223 e. The summed E-state index contributed by atoms with van der Waals surface area (Å²) in [5, 5.41) is 3.78. The summed E-state index contributed by atoms with van der Waals surface area (Å²) in [4.78, 5) is 4.08. The number of aryl methyl sites for hydroxylation is 2. The van der Waals surface area contributed by atoms with Gasteiger partial charge in [0.15, 0.2) is 6.61 Å². The largest absolute Gasteiger partial charge is 0.485 e. The van der Waals surface area contributed by atoms with Crippen LogP contribution < -0.4 is 10.5 Å². The van der Waals surface area contributed by atoms with Crippen LogP contribution in [0.5, 0.6) is 5.75 Å². The summed E-state index contributed by atoms with van der Waals surface area (Å²) in [5.74, 6) is 1.83. The fraction of sp³-hybridized carbons (Fsp3) is 0.385. The molecule has 0 fully saturated rings. The molecule has 1 aromatic heterocycles. The lowest BCUT2D eigenvalue weighted by Gasteiger charge is -2.13. The Bertz CT molecular complexity index is 535. The number of hydrogen-bond donors (Lipinski definition) is 1. The van der Waals surface area contributed by atoms with Crippen LogP contribution in [0.3, 0.4) is 0 Å². The average Bonchev–Trinajstić information content (AvgIpc) is 2.73. The second-order valence-electron chi connectivity index (χ2n) is 4.35. The molecule has 0 radical (unpaired) electrons. The van der Waals surface area contributed by atoms with Crippen LogP contribution in [-0.2, 0) is 6.61 Å². The molecular formula is C13H17N3O2. The molecule has 96 valence electrons. The van der Waals surface area contributed by atoms with Crippen molar-refractivity contribution < 1.29 is 9.26 Å². The van der Waals surface area contributed by atoms with E-state index in [2.05, 4.69) is 10.1 Å². The van der Waals surface area contributed by atoms with Crippen LogP contribution in [0.15, 0.2) is 22.7 Å². The molecule has 1 atom stereocenters. The summed E-state index contributed by atoms with van der Waals surface area (Å²) in [7, 11) is 0. The number of hydrogen-bond acceptors (Lipinski definition) is 5. The van der Waals surface area contributed by atoms with E-state index >= 15 is 0 Å². The first-order chi connectivity index (χ1) is 8.56. The zero-order valence-electron chi connectivity index (χ0n) is 10.8. The summed E-state index contributed by atoms with van der Waals surface area (Å²) in [5.41, 5.74) is 8.07. The Morgan fingerprint density at radius 2 is 2.17 bits per heavy atom. The van der Waals surface area contributed by atoms with Crippen molar-refractivity contribution in [2.75, 3.05) is 0 Å². The van der Waals surface area contributed by atoms with E-state index in [9.17, 15) is 0 Å². The Morgan fingerprint density at radius 3 is 2.78 bits per heavy atom. The summed E-state index contributed by atoms with van der Waals surface area (Å²) in [6.07, 6.45) is 0. The molecule has 18 heavy (non-hydrogen) atoms. The number of ether oxygens (including phenoxy) is 1. The van der Waals surface area contributed by atoms with Crippen molar-refractivity contribution >= 4 is 0 Å². The molecule has 0 saturated carbocycles. The summed E-state index contributed by atoms with van der Waals surface area (Å²) >= 11 is 0. The minimum atomic E-state index is -0.0769. The highest BCUT2D eigenvalue weighted by molar-refractivity contribution is 5.38. The second-order valence-corrected chi connectivity index (χ2v) is 4.35. The van der Waals surface area contributed by atoms with E-state index in [0.29, 0.717) is 11.7 Å². The predicted molar refractivity (Wildman–Crippen MR) is 67.1 cm³/mol. The second kappa shape index (κ2) is 5.18. The van der Waals surface area contributed by atoms with Gasteiger partial charge < -0.3 is 15.0 Å². The molecular weight excluding hydrogens is 230 g/mol. The number of aromatic nitrogens is 2. The van der Waals surface area contributed by atoms with Gasteiger partial charge in [0.25, 0.3) is 0 Å². The summed E-state index contributed by atoms with van der Waals surface area (Å²) < 4.78 is 10.6. The molecule has 0 amide bonds. The Labute approximate surface area is 106 Å². The van der Waals surface area contributed by atoms with Gasteiger partial charge in [-0.3, -0.25) is 0 Å². The number of rotatable bonds is 4. The van der Waals surface area contributed by atoms with Crippen LogP contribution in [0.25, 0.3) is 0 Å². The monoisotopic (exact) mass is 247 g/mol. The third-order valence-corrected chi connectivity index (χ3v) is 2.58. The van der Waals surface area contributed by atoms with Gasteiger partial charge in [-0.15, -0.1) is 0 Å². The van der Waals surface area contributed by atoms with Crippen LogP contribution in [0.2, 0.25) is 0 Å². The fourth-order valence-electron chi connectivity index (χ4n) is 1.70. The Kier molecular flexibility index (Phi) is 3.62. The van der Waals surface area contributed by atoms with E-state index in [1.165, 1.54) is 0 Å². The molecule has 0 aliphatic heterocycles. The molecule has 5 heteroatoms. The van der Waals surface area contributed by atoms with E-state index in [0.717, 1.165) is 16.9 Å². The molecule has 0 saturated heterocycles. The lowest BCUT2D eigenvalue weighted by atomic mass is 10.1. The zero-order valence-corrected chi connectivity index (χ0v) is 10.8. The average molecular weight is 247 g/mol. The highest BCUT2D eigenvalue weighted by atomic mass is 16.5.